The molecular weight excluding hydrogens is 268 g/mol. The van der Waals surface area contributed by atoms with Gasteiger partial charge in [0.25, 0.3) is 0 Å². The van der Waals surface area contributed by atoms with Crippen LogP contribution in [0.3, 0.4) is 0 Å². The van der Waals surface area contributed by atoms with Gasteiger partial charge in [-0.25, -0.2) is 4.79 Å². The number of aryl methyl sites for hydroxylation is 1. The first kappa shape index (κ1) is 16.3. The van der Waals surface area contributed by atoms with Crippen molar-refractivity contribution in [2.45, 2.75) is 31.3 Å². The van der Waals surface area contributed by atoms with Crippen molar-refractivity contribution in [1.82, 2.24) is 0 Å². The summed E-state index contributed by atoms with van der Waals surface area (Å²) < 4.78 is 4.79. The molecule has 20 heavy (non-hydrogen) atoms. The van der Waals surface area contributed by atoms with Gasteiger partial charge in [0.1, 0.15) is 24.1 Å². The van der Waals surface area contributed by atoms with Gasteiger partial charge in [0, 0.05) is 0 Å². The van der Waals surface area contributed by atoms with E-state index in [0.29, 0.717) is 0 Å². The molecule has 0 saturated heterocycles. The minimum absolute atomic E-state index is 0.0219. The van der Waals surface area contributed by atoms with E-state index >= 15 is 0 Å². The standard InChI is InChI=1S/C13H16O7/c1-7-2-4-8(5-3-7)20-13(19)12(18)11(17)10(16)9(15)6-14/h2-6,9-12,15-18H,1H3/t9-,10+,11-,12-/m0/s1. The van der Waals surface area contributed by atoms with Gasteiger partial charge in [0.2, 0.25) is 0 Å². The average molecular weight is 284 g/mol. The number of carbonyl (C=O) groups excluding carboxylic acids is 2. The van der Waals surface area contributed by atoms with Crippen molar-refractivity contribution in [2.75, 3.05) is 0 Å². The minimum Gasteiger partial charge on any atom is -0.425 e. The number of rotatable bonds is 6. The Kier molecular flexibility index (Phi) is 5.78. The number of ether oxygens (including phenoxy) is 1. The number of aldehydes is 1. The van der Waals surface area contributed by atoms with Crippen molar-refractivity contribution in [3.63, 3.8) is 0 Å². The highest BCUT2D eigenvalue weighted by atomic mass is 16.6. The smallest absolute Gasteiger partial charge is 0.343 e. The molecule has 0 radical (unpaired) electrons. The third-order valence-electron chi connectivity index (χ3n) is 2.64. The van der Waals surface area contributed by atoms with Gasteiger partial charge in [-0.05, 0) is 19.1 Å². The molecule has 7 nitrogen and oxygen atoms in total. The fourth-order valence-corrected chi connectivity index (χ4v) is 1.39. The highest BCUT2D eigenvalue weighted by molar-refractivity contribution is 5.77. The molecule has 0 amide bonds. The summed E-state index contributed by atoms with van der Waals surface area (Å²) in [6.45, 7) is 1.83. The Morgan fingerprint density at radius 1 is 1.10 bits per heavy atom. The molecular formula is C13H16O7. The van der Waals surface area contributed by atoms with Crippen molar-refractivity contribution < 1.29 is 34.8 Å². The SMILES string of the molecule is Cc1ccc(OC(=O)[C@@H](O)[C@@H](O)[C@H](O)[C@@H](O)C=O)cc1. The fourth-order valence-electron chi connectivity index (χ4n) is 1.39. The van der Waals surface area contributed by atoms with Gasteiger partial charge in [-0.3, -0.25) is 0 Å². The molecule has 1 aromatic rings. The van der Waals surface area contributed by atoms with E-state index < -0.39 is 30.4 Å². The van der Waals surface area contributed by atoms with Crippen LogP contribution in [-0.4, -0.2) is 57.1 Å². The summed E-state index contributed by atoms with van der Waals surface area (Å²) in [5.74, 6) is -1.06. The third-order valence-corrected chi connectivity index (χ3v) is 2.64. The maximum Gasteiger partial charge on any atom is 0.343 e. The zero-order chi connectivity index (χ0) is 15.3. The Hall–Kier alpha value is -1.80. The van der Waals surface area contributed by atoms with Crippen LogP contribution in [0, 0.1) is 6.92 Å². The lowest BCUT2D eigenvalue weighted by Gasteiger charge is -2.22. The van der Waals surface area contributed by atoms with E-state index in [9.17, 15) is 24.9 Å². The molecule has 0 bridgehead atoms. The summed E-state index contributed by atoms with van der Waals surface area (Å²) in [5, 5.41) is 37.3. The monoisotopic (exact) mass is 284 g/mol. The van der Waals surface area contributed by atoms with Crippen LogP contribution in [0.2, 0.25) is 0 Å². The van der Waals surface area contributed by atoms with Crippen molar-refractivity contribution in [2.24, 2.45) is 0 Å². The van der Waals surface area contributed by atoms with Crippen LogP contribution in [0.5, 0.6) is 5.75 Å². The molecule has 1 aromatic carbocycles. The molecule has 0 aliphatic rings. The average Bonchev–Trinajstić information content (AvgIpc) is 2.46. The Labute approximate surface area is 115 Å². The summed E-state index contributed by atoms with van der Waals surface area (Å²) in [4.78, 5) is 21.8. The van der Waals surface area contributed by atoms with Gasteiger partial charge in [0.15, 0.2) is 12.4 Å². The number of benzene rings is 1. The van der Waals surface area contributed by atoms with Crippen LogP contribution < -0.4 is 4.74 Å². The molecule has 1 rings (SSSR count). The lowest BCUT2D eigenvalue weighted by molar-refractivity contribution is -0.161. The molecule has 0 aliphatic carbocycles. The van der Waals surface area contributed by atoms with E-state index in [1.165, 1.54) is 12.1 Å². The molecule has 0 heterocycles. The van der Waals surface area contributed by atoms with Gasteiger partial charge >= 0.3 is 5.97 Å². The van der Waals surface area contributed by atoms with Crippen molar-refractivity contribution in [3.05, 3.63) is 29.8 Å². The summed E-state index contributed by atoms with van der Waals surface area (Å²) in [6.07, 6.45) is -8.07. The number of hydrogen-bond donors (Lipinski definition) is 4. The van der Waals surface area contributed by atoms with E-state index in [2.05, 4.69) is 0 Å². The van der Waals surface area contributed by atoms with E-state index in [4.69, 9.17) is 9.84 Å². The first-order chi connectivity index (χ1) is 9.36. The van der Waals surface area contributed by atoms with Gasteiger partial charge < -0.3 is 30.0 Å². The summed E-state index contributed by atoms with van der Waals surface area (Å²) in [7, 11) is 0. The maximum absolute atomic E-state index is 11.5. The topological polar surface area (TPSA) is 124 Å². The Morgan fingerprint density at radius 2 is 1.65 bits per heavy atom. The van der Waals surface area contributed by atoms with Crippen LogP contribution in [0.15, 0.2) is 24.3 Å². The Bertz CT molecular complexity index is 456. The quantitative estimate of drug-likeness (QED) is 0.286. The lowest BCUT2D eigenvalue weighted by atomic mass is 10.0. The van der Waals surface area contributed by atoms with Crippen LogP contribution in [0.25, 0.3) is 0 Å². The second kappa shape index (κ2) is 7.11. The number of esters is 1. The lowest BCUT2D eigenvalue weighted by Crippen LogP contribution is -2.49. The molecule has 110 valence electrons. The van der Waals surface area contributed by atoms with Crippen molar-refractivity contribution in [3.8, 4) is 5.75 Å². The zero-order valence-electron chi connectivity index (χ0n) is 10.7. The largest absolute Gasteiger partial charge is 0.425 e. The highest BCUT2D eigenvalue weighted by Crippen LogP contribution is 2.13. The van der Waals surface area contributed by atoms with Crippen molar-refractivity contribution in [1.29, 1.82) is 0 Å². The van der Waals surface area contributed by atoms with Gasteiger partial charge in [-0.2, -0.15) is 0 Å². The van der Waals surface area contributed by atoms with E-state index in [-0.39, 0.29) is 12.0 Å². The van der Waals surface area contributed by atoms with Crippen LogP contribution in [-0.2, 0) is 9.59 Å². The first-order valence-corrected chi connectivity index (χ1v) is 5.82. The van der Waals surface area contributed by atoms with Gasteiger partial charge in [-0.15, -0.1) is 0 Å². The Balaban J connectivity index is 2.66. The number of carbonyl (C=O) groups is 2. The third kappa shape index (κ3) is 4.10. The fraction of sp³-hybridized carbons (Fsp3) is 0.385. The molecule has 0 aliphatic heterocycles. The van der Waals surface area contributed by atoms with Crippen molar-refractivity contribution >= 4 is 12.3 Å². The van der Waals surface area contributed by atoms with Crippen LogP contribution >= 0.6 is 0 Å². The number of aliphatic hydroxyl groups is 4. The van der Waals surface area contributed by atoms with E-state index in [1.807, 2.05) is 6.92 Å². The second-order valence-electron chi connectivity index (χ2n) is 4.29. The number of aliphatic hydroxyl groups excluding tert-OH is 4. The molecule has 0 spiro atoms. The predicted molar refractivity (Wildman–Crippen MR) is 66.9 cm³/mol. The maximum atomic E-state index is 11.5. The molecule has 0 saturated carbocycles. The van der Waals surface area contributed by atoms with Gasteiger partial charge in [-0.1, -0.05) is 17.7 Å². The van der Waals surface area contributed by atoms with Crippen LogP contribution in [0.1, 0.15) is 5.56 Å². The van der Waals surface area contributed by atoms with Crippen LogP contribution in [0.4, 0.5) is 0 Å². The van der Waals surface area contributed by atoms with E-state index in [1.54, 1.807) is 12.1 Å². The Morgan fingerprint density at radius 3 is 2.15 bits per heavy atom. The highest BCUT2D eigenvalue weighted by Gasteiger charge is 2.35. The molecule has 7 heteroatoms. The summed E-state index contributed by atoms with van der Waals surface area (Å²) in [5.41, 5.74) is 0.940. The molecule has 0 aromatic heterocycles. The number of hydrogen-bond acceptors (Lipinski definition) is 7. The molecule has 0 unspecified atom stereocenters. The zero-order valence-corrected chi connectivity index (χ0v) is 10.7. The van der Waals surface area contributed by atoms with Gasteiger partial charge in [0.05, 0.1) is 0 Å². The minimum atomic E-state index is -2.10. The first-order valence-electron chi connectivity index (χ1n) is 5.82. The molecule has 0 fully saturated rings. The predicted octanol–water partition coefficient (Wildman–Crippen LogP) is -1.46. The summed E-state index contributed by atoms with van der Waals surface area (Å²) in [6, 6.07) is 6.33. The molecule has 4 N–H and O–H groups in total. The molecule has 4 atom stereocenters. The normalized spacial score (nSPS) is 16.9. The second-order valence-corrected chi connectivity index (χ2v) is 4.29. The van der Waals surface area contributed by atoms with E-state index in [0.717, 1.165) is 5.56 Å². The summed E-state index contributed by atoms with van der Waals surface area (Å²) >= 11 is 0.